The molecule has 2 rings (SSSR count). The lowest BCUT2D eigenvalue weighted by Gasteiger charge is -2.49. The molecule has 0 spiro atoms. The highest BCUT2D eigenvalue weighted by molar-refractivity contribution is 5.01. The number of hydrogen-bond acceptors (Lipinski definition) is 3. The second-order valence-electron chi connectivity index (χ2n) is 7.35. The molecule has 3 heteroatoms. The van der Waals surface area contributed by atoms with Crippen LogP contribution in [0.1, 0.15) is 72.1 Å². The third-order valence-electron chi connectivity index (χ3n) is 5.50. The summed E-state index contributed by atoms with van der Waals surface area (Å²) in [5.41, 5.74) is 3.59. The van der Waals surface area contributed by atoms with Crippen molar-refractivity contribution in [2.24, 2.45) is 17.2 Å². The molecule has 0 saturated heterocycles. The second kappa shape index (κ2) is 6.11. The molecule has 3 N–H and O–H groups in total. The van der Waals surface area contributed by atoms with Crippen molar-refractivity contribution in [3.63, 3.8) is 0 Å². The minimum absolute atomic E-state index is 0.0198. The van der Waals surface area contributed by atoms with E-state index in [4.69, 9.17) is 10.6 Å². The van der Waals surface area contributed by atoms with Gasteiger partial charge in [0.25, 0.3) is 0 Å². The van der Waals surface area contributed by atoms with E-state index in [1.165, 1.54) is 38.5 Å². The summed E-state index contributed by atoms with van der Waals surface area (Å²) in [6, 6.07) is 0.339. The molecular formula is C16H32N2O. The van der Waals surface area contributed by atoms with Crippen LogP contribution in [0.4, 0.5) is 0 Å². The molecule has 0 aromatic heterocycles. The fourth-order valence-corrected chi connectivity index (χ4v) is 4.19. The molecule has 1 atom stereocenters. The van der Waals surface area contributed by atoms with Crippen molar-refractivity contribution in [2.75, 3.05) is 6.61 Å². The Kier molecular flexibility index (Phi) is 4.91. The predicted octanol–water partition coefficient (Wildman–Crippen LogP) is 3.38. The summed E-state index contributed by atoms with van der Waals surface area (Å²) in [5, 5.41) is 0. The molecule has 0 aromatic carbocycles. The topological polar surface area (TPSA) is 47.3 Å². The first kappa shape index (κ1) is 15.3. The van der Waals surface area contributed by atoms with Gasteiger partial charge in [0.1, 0.15) is 0 Å². The van der Waals surface area contributed by atoms with Crippen LogP contribution in [-0.4, -0.2) is 18.2 Å². The van der Waals surface area contributed by atoms with Gasteiger partial charge in [-0.2, -0.15) is 0 Å². The lowest BCUT2D eigenvalue weighted by Crippen LogP contribution is -2.60. The summed E-state index contributed by atoms with van der Waals surface area (Å²) < 4.78 is 6.29. The van der Waals surface area contributed by atoms with Crippen molar-refractivity contribution >= 4 is 0 Å². The minimum atomic E-state index is -0.0198. The maximum absolute atomic E-state index is 6.29. The Morgan fingerprint density at radius 3 is 2.21 bits per heavy atom. The lowest BCUT2D eigenvalue weighted by atomic mass is 9.66. The molecule has 112 valence electrons. The molecule has 0 amide bonds. The van der Waals surface area contributed by atoms with Gasteiger partial charge in [-0.05, 0) is 56.8 Å². The summed E-state index contributed by atoms with van der Waals surface area (Å²) in [6.45, 7) is 7.67. The molecule has 2 saturated carbocycles. The summed E-state index contributed by atoms with van der Waals surface area (Å²) >= 11 is 0. The monoisotopic (exact) mass is 268 g/mol. The molecule has 0 heterocycles. The highest BCUT2D eigenvalue weighted by atomic mass is 16.5. The highest BCUT2D eigenvalue weighted by Crippen LogP contribution is 2.46. The van der Waals surface area contributed by atoms with Gasteiger partial charge < -0.3 is 4.74 Å². The Hall–Kier alpha value is -0.120. The van der Waals surface area contributed by atoms with Gasteiger partial charge in [-0.1, -0.05) is 26.7 Å². The van der Waals surface area contributed by atoms with Crippen LogP contribution >= 0.6 is 0 Å². The first-order chi connectivity index (χ1) is 9.03. The van der Waals surface area contributed by atoms with Crippen LogP contribution in [0.25, 0.3) is 0 Å². The zero-order valence-electron chi connectivity index (χ0n) is 13.0. The highest BCUT2D eigenvalue weighted by Gasteiger charge is 2.47. The van der Waals surface area contributed by atoms with Gasteiger partial charge >= 0.3 is 0 Å². The fourth-order valence-electron chi connectivity index (χ4n) is 4.19. The van der Waals surface area contributed by atoms with Crippen LogP contribution in [0.15, 0.2) is 0 Å². The number of hydrazine groups is 1. The molecule has 19 heavy (non-hydrogen) atoms. The fraction of sp³-hybridized carbons (Fsp3) is 1.00. The Labute approximate surface area is 118 Å². The van der Waals surface area contributed by atoms with Crippen LogP contribution in [-0.2, 0) is 4.74 Å². The van der Waals surface area contributed by atoms with Gasteiger partial charge in [0.2, 0.25) is 0 Å². The number of rotatable bonds is 5. The molecule has 2 aliphatic carbocycles. The Balaban J connectivity index is 2.12. The van der Waals surface area contributed by atoms with Crippen LogP contribution < -0.4 is 11.3 Å². The Morgan fingerprint density at radius 1 is 1.16 bits per heavy atom. The van der Waals surface area contributed by atoms with E-state index in [0.29, 0.717) is 17.4 Å². The van der Waals surface area contributed by atoms with Crippen LogP contribution in [0.5, 0.6) is 0 Å². The van der Waals surface area contributed by atoms with E-state index in [-0.39, 0.29) is 5.60 Å². The summed E-state index contributed by atoms with van der Waals surface area (Å²) in [6.07, 6.45) is 10.1. The van der Waals surface area contributed by atoms with E-state index >= 15 is 0 Å². The van der Waals surface area contributed by atoms with Crippen molar-refractivity contribution in [3.8, 4) is 0 Å². The standard InChI is InChI=1S/C16H32N2O/c1-4-19-16(11-9-15(2,3)10-12-16)14(18-17)13-7-5-6-8-13/h13-14,18H,4-12,17H2,1-3H3. The van der Waals surface area contributed by atoms with Gasteiger partial charge in [-0.3, -0.25) is 11.3 Å². The third kappa shape index (κ3) is 3.32. The van der Waals surface area contributed by atoms with E-state index in [2.05, 4.69) is 26.2 Å². The smallest absolute Gasteiger partial charge is 0.0851 e. The lowest BCUT2D eigenvalue weighted by molar-refractivity contribution is -0.117. The van der Waals surface area contributed by atoms with E-state index in [1.54, 1.807) is 0 Å². The van der Waals surface area contributed by atoms with E-state index < -0.39 is 0 Å². The Bertz CT molecular complexity index is 274. The molecule has 2 fully saturated rings. The first-order valence-corrected chi connectivity index (χ1v) is 8.13. The number of nitrogens with one attached hydrogen (secondary N) is 1. The van der Waals surface area contributed by atoms with E-state index in [0.717, 1.165) is 19.4 Å². The molecule has 0 aromatic rings. The number of hydrogen-bond donors (Lipinski definition) is 2. The van der Waals surface area contributed by atoms with Gasteiger partial charge in [0.05, 0.1) is 11.6 Å². The van der Waals surface area contributed by atoms with Gasteiger partial charge in [-0.15, -0.1) is 0 Å². The molecule has 2 aliphatic rings. The summed E-state index contributed by atoms with van der Waals surface area (Å²) in [5.74, 6) is 6.64. The SMILES string of the molecule is CCOC1(C(NN)C2CCCC2)CCC(C)(C)CC1. The molecule has 0 radical (unpaired) electrons. The molecule has 1 unspecified atom stereocenters. The number of nitrogens with two attached hydrogens (primary N) is 1. The summed E-state index contributed by atoms with van der Waals surface area (Å²) in [4.78, 5) is 0. The van der Waals surface area contributed by atoms with Crippen LogP contribution in [0.2, 0.25) is 0 Å². The van der Waals surface area contributed by atoms with Crippen molar-refractivity contribution in [2.45, 2.75) is 83.8 Å². The largest absolute Gasteiger partial charge is 0.374 e. The Morgan fingerprint density at radius 2 is 1.74 bits per heavy atom. The zero-order chi connectivity index (χ0) is 13.9. The van der Waals surface area contributed by atoms with Gasteiger partial charge in [0, 0.05) is 6.61 Å². The normalized spacial score (nSPS) is 28.4. The third-order valence-corrected chi connectivity index (χ3v) is 5.50. The second-order valence-corrected chi connectivity index (χ2v) is 7.35. The molecule has 0 bridgehead atoms. The average Bonchev–Trinajstić information content (AvgIpc) is 2.88. The molecule has 0 aliphatic heterocycles. The van der Waals surface area contributed by atoms with Crippen molar-refractivity contribution in [1.29, 1.82) is 0 Å². The maximum atomic E-state index is 6.29. The van der Waals surface area contributed by atoms with Crippen molar-refractivity contribution < 1.29 is 4.74 Å². The maximum Gasteiger partial charge on any atom is 0.0851 e. The molecular weight excluding hydrogens is 236 g/mol. The van der Waals surface area contributed by atoms with E-state index in [9.17, 15) is 0 Å². The van der Waals surface area contributed by atoms with Crippen LogP contribution in [0, 0.1) is 11.3 Å². The predicted molar refractivity (Wildman–Crippen MR) is 79.7 cm³/mol. The summed E-state index contributed by atoms with van der Waals surface area (Å²) in [7, 11) is 0. The van der Waals surface area contributed by atoms with Crippen LogP contribution in [0.3, 0.4) is 0 Å². The zero-order valence-corrected chi connectivity index (χ0v) is 13.0. The first-order valence-electron chi connectivity index (χ1n) is 8.13. The van der Waals surface area contributed by atoms with Gasteiger partial charge in [-0.25, -0.2) is 0 Å². The van der Waals surface area contributed by atoms with Crippen molar-refractivity contribution in [1.82, 2.24) is 5.43 Å². The quantitative estimate of drug-likeness (QED) is 0.593. The van der Waals surface area contributed by atoms with Crippen molar-refractivity contribution in [3.05, 3.63) is 0 Å². The minimum Gasteiger partial charge on any atom is -0.374 e. The van der Waals surface area contributed by atoms with E-state index in [1.807, 2.05) is 0 Å². The average molecular weight is 268 g/mol. The van der Waals surface area contributed by atoms with Gasteiger partial charge in [0.15, 0.2) is 0 Å². The number of ether oxygens (including phenoxy) is 1. The molecule has 3 nitrogen and oxygen atoms in total.